The first-order valence-corrected chi connectivity index (χ1v) is 7.44. The van der Waals surface area contributed by atoms with Gasteiger partial charge < -0.3 is 9.88 Å². The summed E-state index contributed by atoms with van der Waals surface area (Å²) >= 11 is 6.35. The number of nitrogens with zero attached hydrogens (tertiary/aromatic N) is 2. The van der Waals surface area contributed by atoms with Gasteiger partial charge >= 0.3 is 0 Å². The monoisotopic (exact) mass is 291 g/mol. The lowest BCUT2D eigenvalue weighted by Crippen LogP contribution is -2.24. The van der Waals surface area contributed by atoms with E-state index in [4.69, 9.17) is 11.6 Å². The van der Waals surface area contributed by atoms with Crippen molar-refractivity contribution in [3.05, 3.63) is 52.6 Å². The van der Waals surface area contributed by atoms with Crippen LogP contribution in [0.4, 0.5) is 0 Å². The van der Waals surface area contributed by atoms with Crippen LogP contribution < -0.4 is 5.32 Å². The van der Waals surface area contributed by atoms with Crippen molar-refractivity contribution in [2.75, 3.05) is 6.54 Å². The molecule has 20 heavy (non-hydrogen) atoms. The summed E-state index contributed by atoms with van der Waals surface area (Å²) in [4.78, 5) is 4.47. The maximum Gasteiger partial charge on any atom is 0.0947 e. The van der Waals surface area contributed by atoms with E-state index in [0.717, 1.165) is 35.7 Å². The van der Waals surface area contributed by atoms with Gasteiger partial charge in [0.05, 0.1) is 18.1 Å². The number of halogens is 1. The number of aromatic nitrogens is 2. The summed E-state index contributed by atoms with van der Waals surface area (Å²) in [7, 11) is 1.99. The molecular weight excluding hydrogens is 270 g/mol. The van der Waals surface area contributed by atoms with Gasteiger partial charge in [0, 0.05) is 18.3 Å². The summed E-state index contributed by atoms with van der Waals surface area (Å²) in [5.41, 5.74) is 3.42. The third-order valence-electron chi connectivity index (χ3n) is 3.36. The Bertz CT molecular complexity index is 563. The first-order chi connectivity index (χ1) is 9.60. The molecule has 0 aliphatic heterocycles. The quantitative estimate of drug-likeness (QED) is 0.880. The molecule has 0 bridgehead atoms. The van der Waals surface area contributed by atoms with Crippen LogP contribution in [0.3, 0.4) is 0 Å². The van der Waals surface area contributed by atoms with Crippen LogP contribution >= 0.6 is 11.6 Å². The van der Waals surface area contributed by atoms with Crippen molar-refractivity contribution < 1.29 is 0 Å². The van der Waals surface area contributed by atoms with Gasteiger partial charge in [-0.15, -0.1) is 0 Å². The Morgan fingerprint density at radius 1 is 1.40 bits per heavy atom. The molecular formula is C16H22ClN3. The molecule has 1 heterocycles. The fraction of sp³-hybridized carbons (Fsp3) is 0.438. The van der Waals surface area contributed by atoms with Gasteiger partial charge in [-0.05, 0) is 43.5 Å². The minimum absolute atomic E-state index is 0.205. The number of benzene rings is 1. The number of aryl methyl sites for hydroxylation is 2. The van der Waals surface area contributed by atoms with E-state index in [1.165, 1.54) is 5.56 Å². The van der Waals surface area contributed by atoms with Crippen LogP contribution in [0.1, 0.15) is 36.2 Å². The highest BCUT2D eigenvalue weighted by molar-refractivity contribution is 6.31. The molecule has 4 heteroatoms. The van der Waals surface area contributed by atoms with E-state index in [1.54, 1.807) is 0 Å². The maximum atomic E-state index is 6.35. The molecule has 1 N–H and O–H groups in total. The zero-order valence-electron chi connectivity index (χ0n) is 12.4. The summed E-state index contributed by atoms with van der Waals surface area (Å²) < 4.78 is 1.98. The Hall–Kier alpha value is -1.32. The van der Waals surface area contributed by atoms with E-state index >= 15 is 0 Å². The number of nitrogens with one attached hydrogen (secondary N) is 1. The Balaban J connectivity index is 2.18. The van der Waals surface area contributed by atoms with Crippen LogP contribution in [0.5, 0.6) is 0 Å². The van der Waals surface area contributed by atoms with Gasteiger partial charge in [-0.3, -0.25) is 0 Å². The fourth-order valence-corrected chi connectivity index (χ4v) is 2.56. The minimum Gasteiger partial charge on any atom is -0.340 e. The van der Waals surface area contributed by atoms with Crippen LogP contribution in [0, 0.1) is 6.92 Å². The zero-order valence-corrected chi connectivity index (χ0v) is 13.1. The molecule has 0 amide bonds. The molecule has 108 valence electrons. The van der Waals surface area contributed by atoms with Gasteiger partial charge in [-0.25, -0.2) is 4.98 Å². The molecule has 2 aromatic rings. The molecule has 2 rings (SSSR count). The molecule has 0 saturated carbocycles. The van der Waals surface area contributed by atoms with E-state index in [-0.39, 0.29) is 6.04 Å². The maximum absolute atomic E-state index is 6.35. The van der Waals surface area contributed by atoms with E-state index in [2.05, 4.69) is 42.5 Å². The second-order valence-electron chi connectivity index (χ2n) is 5.27. The molecule has 1 aromatic carbocycles. The zero-order chi connectivity index (χ0) is 14.5. The van der Waals surface area contributed by atoms with E-state index in [1.807, 2.05) is 24.0 Å². The largest absolute Gasteiger partial charge is 0.340 e. The van der Waals surface area contributed by atoms with Crippen LogP contribution in [-0.2, 0) is 13.5 Å². The molecule has 0 aliphatic rings. The Labute approximate surface area is 126 Å². The van der Waals surface area contributed by atoms with Crippen LogP contribution in [0.25, 0.3) is 0 Å². The lowest BCUT2D eigenvalue weighted by Gasteiger charge is -2.17. The van der Waals surface area contributed by atoms with Crippen molar-refractivity contribution >= 4 is 11.6 Å². The highest BCUT2D eigenvalue weighted by atomic mass is 35.5. The lowest BCUT2D eigenvalue weighted by atomic mass is 10.0. The summed E-state index contributed by atoms with van der Waals surface area (Å²) in [6, 6.07) is 6.44. The minimum atomic E-state index is 0.205. The molecule has 0 saturated heterocycles. The number of imidazole rings is 1. The predicted molar refractivity (Wildman–Crippen MR) is 84.1 cm³/mol. The average molecular weight is 292 g/mol. The van der Waals surface area contributed by atoms with Gasteiger partial charge in [0.1, 0.15) is 0 Å². The summed E-state index contributed by atoms with van der Waals surface area (Å²) in [5.74, 6) is 0. The lowest BCUT2D eigenvalue weighted by molar-refractivity contribution is 0.519. The van der Waals surface area contributed by atoms with Gasteiger partial charge in [0.15, 0.2) is 0 Å². The SMILES string of the molecule is CCCNC(Cc1ccc(C)cc1Cl)c1cn(C)cn1. The van der Waals surface area contributed by atoms with Crippen molar-refractivity contribution in [2.45, 2.75) is 32.7 Å². The van der Waals surface area contributed by atoms with E-state index in [9.17, 15) is 0 Å². The predicted octanol–water partition coefficient (Wildman–Crippen LogP) is 3.67. The van der Waals surface area contributed by atoms with Crippen LogP contribution in [-0.4, -0.2) is 16.1 Å². The van der Waals surface area contributed by atoms with E-state index in [0.29, 0.717) is 0 Å². The third kappa shape index (κ3) is 3.84. The Morgan fingerprint density at radius 3 is 2.80 bits per heavy atom. The highest BCUT2D eigenvalue weighted by Crippen LogP contribution is 2.24. The van der Waals surface area contributed by atoms with Crippen molar-refractivity contribution in [2.24, 2.45) is 7.05 Å². The fourth-order valence-electron chi connectivity index (χ4n) is 2.25. The van der Waals surface area contributed by atoms with Crippen molar-refractivity contribution in [3.8, 4) is 0 Å². The summed E-state index contributed by atoms with van der Waals surface area (Å²) in [6.07, 6.45) is 5.86. The number of rotatable bonds is 6. The summed E-state index contributed by atoms with van der Waals surface area (Å²) in [5, 5.41) is 4.39. The molecule has 0 aliphatic carbocycles. The number of hydrogen-bond donors (Lipinski definition) is 1. The Kier molecular flexibility index (Phi) is 5.21. The van der Waals surface area contributed by atoms with Crippen molar-refractivity contribution in [3.63, 3.8) is 0 Å². The molecule has 3 nitrogen and oxygen atoms in total. The summed E-state index contributed by atoms with van der Waals surface area (Å²) in [6.45, 7) is 5.20. The Morgan fingerprint density at radius 2 is 2.20 bits per heavy atom. The first-order valence-electron chi connectivity index (χ1n) is 7.06. The van der Waals surface area contributed by atoms with Gasteiger partial charge in [0.25, 0.3) is 0 Å². The molecule has 0 spiro atoms. The molecule has 1 aromatic heterocycles. The van der Waals surface area contributed by atoms with Crippen LogP contribution in [0.2, 0.25) is 5.02 Å². The second kappa shape index (κ2) is 6.91. The van der Waals surface area contributed by atoms with E-state index < -0.39 is 0 Å². The van der Waals surface area contributed by atoms with Crippen molar-refractivity contribution in [1.82, 2.24) is 14.9 Å². The first kappa shape index (κ1) is 15.1. The van der Waals surface area contributed by atoms with Crippen molar-refractivity contribution in [1.29, 1.82) is 0 Å². The molecule has 1 unspecified atom stereocenters. The average Bonchev–Trinajstić information content (AvgIpc) is 2.83. The second-order valence-corrected chi connectivity index (χ2v) is 5.68. The van der Waals surface area contributed by atoms with Crippen LogP contribution in [0.15, 0.2) is 30.7 Å². The molecule has 0 fully saturated rings. The highest BCUT2D eigenvalue weighted by Gasteiger charge is 2.15. The smallest absolute Gasteiger partial charge is 0.0947 e. The molecule has 0 radical (unpaired) electrons. The van der Waals surface area contributed by atoms with Gasteiger partial charge in [-0.2, -0.15) is 0 Å². The van der Waals surface area contributed by atoms with Gasteiger partial charge in [-0.1, -0.05) is 30.7 Å². The standard InChI is InChI=1S/C16H22ClN3/c1-4-7-18-15(16-10-20(3)11-19-16)9-13-6-5-12(2)8-14(13)17/h5-6,8,10-11,15,18H,4,7,9H2,1-3H3. The normalized spacial score (nSPS) is 12.6. The third-order valence-corrected chi connectivity index (χ3v) is 3.71. The molecule has 1 atom stereocenters. The van der Waals surface area contributed by atoms with Gasteiger partial charge in [0.2, 0.25) is 0 Å². The number of hydrogen-bond acceptors (Lipinski definition) is 2. The topological polar surface area (TPSA) is 29.9 Å².